The van der Waals surface area contributed by atoms with Gasteiger partial charge in [-0.05, 0) is 97.3 Å². The monoisotopic (exact) mass is 574 g/mol. The lowest BCUT2D eigenvalue weighted by molar-refractivity contribution is 0.329. The molecule has 0 aliphatic carbocycles. The highest BCUT2D eigenvalue weighted by Gasteiger charge is 2.24. The summed E-state index contributed by atoms with van der Waals surface area (Å²) in [5.74, 6) is 0. The fourth-order valence-corrected chi connectivity index (χ4v) is 9.59. The van der Waals surface area contributed by atoms with Crippen molar-refractivity contribution >= 4 is 62.0 Å². The standard InChI is InChI=1S/C26H25FN2S5.C2H6/c1-26(27)8-12-31-23(15-26)22-14-17(7-10-29)25(34-22)20-5-4-19(32-20)24-16(6-9-28)13-21(33-24)18-3-2-11-30-18;1-2/h2-5,8,11-15H,6-7,9-10,28-29H2,1H3;1-2H3. The van der Waals surface area contributed by atoms with Crippen LogP contribution in [-0.2, 0) is 12.8 Å². The van der Waals surface area contributed by atoms with Gasteiger partial charge in [-0.25, -0.2) is 4.39 Å². The highest BCUT2D eigenvalue weighted by molar-refractivity contribution is 8.11. The predicted octanol–water partition coefficient (Wildman–Crippen LogP) is 9.29. The molecule has 4 aromatic heterocycles. The zero-order valence-electron chi connectivity index (χ0n) is 20.7. The van der Waals surface area contributed by atoms with Crippen LogP contribution in [0.25, 0.3) is 34.2 Å². The Hall–Kier alpha value is -1.52. The van der Waals surface area contributed by atoms with Crippen molar-refractivity contribution in [3.05, 3.63) is 75.3 Å². The molecule has 5 rings (SSSR count). The number of halogens is 1. The summed E-state index contributed by atoms with van der Waals surface area (Å²) in [4.78, 5) is 9.73. The number of allylic oxidation sites excluding steroid dienone is 2. The van der Waals surface area contributed by atoms with Gasteiger partial charge < -0.3 is 11.5 Å². The highest BCUT2D eigenvalue weighted by Crippen LogP contribution is 2.48. The molecule has 1 unspecified atom stereocenters. The second-order valence-corrected chi connectivity index (χ2v) is 13.3. The van der Waals surface area contributed by atoms with E-state index in [1.807, 2.05) is 41.9 Å². The minimum Gasteiger partial charge on any atom is -0.330 e. The summed E-state index contributed by atoms with van der Waals surface area (Å²) in [5.41, 5.74) is 13.0. The first-order valence-corrected chi connectivity index (χ1v) is 16.2. The molecule has 0 radical (unpaired) electrons. The Labute approximate surface area is 233 Å². The number of alkyl halides is 1. The smallest absolute Gasteiger partial charge is 0.146 e. The molecule has 0 spiro atoms. The van der Waals surface area contributed by atoms with Gasteiger partial charge in [0.1, 0.15) is 5.67 Å². The Morgan fingerprint density at radius 1 is 0.806 bits per heavy atom. The van der Waals surface area contributed by atoms with Gasteiger partial charge in [-0.1, -0.05) is 31.7 Å². The van der Waals surface area contributed by atoms with Gasteiger partial charge in [-0.3, -0.25) is 0 Å². The third kappa shape index (κ3) is 6.13. The molecular formula is C28H31FN2S5. The molecule has 4 aromatic rings. The van der Waals surface area contributed by atoms with Crippen molar-refractivity contribution in [2.24, 2.45) is 11.5 Å². The SMILES string of the molecule is CC.CC1(F)C=CSC(c2cc(CCN)c(-c3ccc(-c4sc(-c5cccs5)cc4CCN)s3)s2)=C1. The number of nitrogens with two attached hydrogens (primary N) is 2. The third-order valence-electron chi connectivity index (χ3n) is 5.51. The largest absolute Gasteiger partial charge is 0.330 e. The Morgan fingerprint density at radius 2 is 1.42 bits per heavy atom. The average Bonchev–Trinajstić information content (AvgIpc) is 3.66. The Bertz CT molecular complexity index is 1340. The quantitative estimate of drug-likeness (QED) is 0.220. The molecule has 5 heterocycles. The van der Waals surface area contributed by atoms with Gasteiger partial charge in [-0.2, -0.15) is 0 Å². The summed E-state index contributed by atoms with van der Waals surface area (Å²) in [6, 6.07) is 13.2. The Kier molecular flexibility index (Phi) is 9.44. The summed E-state index contributed by atoms with van der Waals surface area (Å²) >= 11 is 8.75. The highest BCUT2D eigenvalue weighted by atomic mass is 32.2. The molecule has 2 nitrogen and oxygen atoms in total. The minimum absolute atomic E-state index is 0.587. The number of thioether (sulfide) groups is 1. The predicted molar refractivity (Wildman–Crippen MR) is 165 cm³/mol. The van der Waals surface area contributed by atoms with Crippen LogP contribution in [0.2, 0.25) is 0 Å². The molecule has 0 fully saturated rings. The topological polar surface area (TPSA) is 52.0 Å². The van der Waals surface area contributed by atoms with E-state index in [4.69, 9.17) is 11.5 Å². The Balaban J connectivity index is 0.00000148. The van der Waals surface area contributed by atoms with Gasteiger partial charge >= 0.3 is 0 Å². The van der Waals surface area contributed by atoms with Crippen LogP contribution < -0.4 is 11.5 Å². The van der Waals surface area contributed by atoms with Crippen molar-refractivity contribution < 1.29 is 4.39 Å². The van der Waals surface area contributed by atoms with E-state index in [0.717, 1.165) is 22.6 Å². The lowest BCUT2D eigenvalue weighted by Gasteiger charge is -2.16. The third-order valence-corrected chi connectivity index (χ3v) is 11.4. The lowest BCUT2D eigenvalue weighted by atomic mass is 10.1. The molecule has 0 amide bonds. The van der Waals surface area contributed by atoms with Crippen LogP contribution in [0.15, 0.2) is 59.3 Å². The van der Waals surface area contributed by atoms with E-state index in [0.29, 0.717) is 13.1 Å². The number of rotatable bonds is 8. The second-order valence-electron chi connectivity index (χ2n) is 8.23. The fraction of sp³-hybridized carbons (Fsp3) is 0.286. The van der Waals surface area contributed by atoms with Crippen LogP contribution in [0.4, 0.5) is 4.39 Å². The molecule has 1 aliphatic heterocycles. The molecule has 4 N–H and O–H groups in total. The van der Waals surface area contributed by atoms with Gasteiger partial charge in [0.2, 0.25) is 0 Å². The molecular weight excluding hydrogens is 544 g/mol. The van der Waals surface area contributed by atoms with Crippen LogP contribution in [0.3, 0.4) is 0 Å². The van der Waals surface area contributed by atoms with Gasteiger partial charge in [0.25, 0.3) is 0 Å². The van der Waals surface area contributed by atoms with Gasteiger partial charge in [-0.15, -0.1) is 45.3 Å². The van der Waals surface area contributed by atoms with Gasteiger partial charge in [0.15, 0.2) is 0 Å². The van der Waals surface area contributed by atoms with E-state index in [1.165, 1.54) is 40.4 Å². The van der Waals surface area contributed by atoms with Crippen LogP contribution in [0.5, 0.6) is 0 Å². The van der Waals surface area contributed by atoms with Crippen LogP contribution in [0, 0.1) is 0 Å². The molecule has 0 bridgehead atoms. The number of hydrogen-bond acceptors (Lipinski definition) is 7. The van der Waals surface area contributed by atoms with E-state index < -0.39 is 5.67 Å². The van der Waals surface area contributed by atoms with Crippen molar-refractivity contribution in [3.8, 4) is 29.3 Å². The maximum absolute atomic E-state index is 14.6. The first kappa shape index (κ1) is 27.5. The van der Waals surface area contributed by atoms with Crippen LogP contribution in [-0.4, -0.2) is 18.8 Å². The molecule has 0 aromatic carbocycles. The van der Waals surface area contributed by atoms with Crippen molar-refractivity contribution in [2.75, 3.05) is 13.1 Å². The number of hydrogen-bond donors (Lipinski definition) is 2. The molecule has 1 aliphatic rings. The summed E-state index contributed by atoms with van der Waals surface area (Å²) in [7, 11) is 0. The molecule has 1 atom stereocenters. The van der Waals surface area contributed by atoms with Crippen molar-refractivity contribution in [1.82, 2.24) is 0 Å². The van der Waals surface area contributed by atoms with Crippen LogP contribution in [0.1, 0.15) is 36.8 Å². The summed E-state index contributed by atoms with van der Waals surface area (Å²) in [6.45, 7) is 6.81. The van der Waals surface area contributed by atoms with Gasteiger partial charge in [0.05, 0.1) is 0 Å². The molecule has 0 saturated carbocycles. The van der Waals surface area contributed by atoms with E-state index >= 15 is 0 Å². The molecule has 190 valence electrons. The Morgan fingerprint density at radius 3 is 1.97 bits per heavy atom. The first-order valence-electron chi connectivity index (χ1n) is 12.0. The van der Waals surface area contributed by atoms with E-state index in [9.17, 15) is 4.39 Å². The average molecular weight is 575 g/mol. The fourth-order valence-electron chi connectivity index (χ4n) is 3.91. The normalized spacial score (nSPS) is 17.1. The summed E-state index contributed by atoms with van der Waals surface area (Å²) < 4.78 is 14.6. The van der Waals surface area contributed by atoms with E-state index in [2.05, 4.69) is 41.8 Å². The van der Waals surface area contributed by atoms with E-state index in [-0.39, 0.29) is 0 Å². The second kappa shape index (κ2) is 12.3. The number of thiophene rings is 4. The maximum atomic E-state index is 14.6. The van der Waals surface area contributed by atoms with E-state index in [1.54, 1.807) is 53.5 Å². The van der Waals surface area contributed by atoms with Crippen molar-refractivity contribution in [2.45, 2.75) is 39.3 Å². The summed E-state index contributed by atoms with van der Waals surface area (Å²) in [6.07, 6.45) is 5.00. The van der Waals surface area contributed by atoms with Crippen molar-refractivity contribution in [1.29, 1.82) is 0 Å². The zero-order chi connectivity index (χ0) is 25.7. The molecule has 8 heteroatoms. The maximum Gasteiger partial charge on any atom is 0.146 e. The summed E-state index contributed by atoms with van der Waals surface area (Å²) in [5, 5.41) is 3.97. The molecule has 36 heavy (non-hydrogen) atoms. The van der Waals surface area contributed by atoms with Gasteiger partial charge in [0, 0.05) is 39.0 Å². The molecule has 0 saturated heterocycles. The minimum atomic E-state index is -1.41. The van der Waals surface area contributed by atoms with Crippen LogP contribution >= 0.6 is 57.1 Å². The van der Waals surface area contributed by atoms with Crippen molar-refractivity contribution in [3.63, 3.8) is 0 Å². The zero-order valence-corrected chi connectivity index (χ0v) is 24.8. The lowest BCUT2D eigenvalue weighted by Crippen LogP contribution is -2.11. The first-order chi connectivity index (χ1) is 17.5.